The third kappa shape index (κ3) is 2.96. The lowest BCUT2D eigenvalue weighted by Gasteiger charge is -2.25. The van der Waals surface area contributed by atoms with E-state index in [-0.39, 0.29) is 11.8 Å². The third-order valence-electron chi connectivity index (χ3n) is 3.34. The van der Waals surface area contributed by atoms with Crippen LogP contribution in [0.5, 0.6) is 17.2 Å². The van der Waals surface area contributed by atoms with Gasteiger partial charge in [0.2, 0.25) is 11.7 Å². The van der Waals surface area contributed by atoms with Crippen LogP contribution >= 0.6 is 0 Å². The monoisotopic (exact) mass is 280 g/mol. The van der Waals surface area contributed by atoms with E-state index in [9.17, 15) is 4.79 Å². The van der Waals surface area contributed by atoms with Crippen LogP contribution < -0.4 is 24.8 Å². The van der Waals surface area contributed by atoms with Crippen LogP contribution in [0, 0.1) is 5.92 Å². The van der Waals surface area contributed by atoms with Gasteiger partial charge in [0.25, 0.3) is 0 Å². The molecular formula is C14H20N2O4. The van der Waals surface area contributed by atoms with Crippen molar-refractivity contribution in [3.63, 3.8) is 0 Å². The molecule has 1 fully saturated rings. The summed E-state index contributed by atoms with van der Waals surface area (Å²) in [6.45, 7) is 1.94. The van der Waals surface area contributed by atoms with Crippen molar-refractivity contribution in [1.82, 2.24) is 10.6 Å². The van der Waals surface area contributed by atoms with Gasteiger partial charge in [0, 0.05) is 19.6 Å². The average molecular weight is 280 g/mol. The highest BCUT2D eigenvalue weighted by atomic mass is 16.5. The van der Waals surface area contributed by atoms with E-state index in [1.54, 1.807) is 21.3 Å². The predicted molar refractivity (Wildman–Crippen MR) is 74.3 cm³/mol. The number of rotatable bonds is 6. The second-order valence-electron chi connectivity index (χ2n) is 4.61. The summed E-state index contributed by atoms with van der Waals surface area (Å²) in [6.07, 6.45) is 0. The van der Waals surface area contributed by atoms with Crippen LogP contribution in [0.1, 0.15) is 5.56 Å². The Bertz CT molecular complexity index is 461. The maximum absolute atomic E-state index is 11.8. The second-order valence-corrected chi connectivity index (χ2v) is 4.61. The molecule has 6 heteroatoms. The molecule has 1 saturated heterocycles. The van der Waals surface area contributed by atoms with Crippen LogP contribution in [0.15, 0.2) is 12.1 Å². The number of nitrogens with one attached hydrogen (secondary N) is 2. The Morgan fingerprint density at radius 1 is 1.20 bits per heavy atom. The molecule has 0 aliphatic carbocycles. The van der Waals surface area contributed by atoms with Gasteiger partial charge in [-0.05, 0) is 17.7 Å². The summed E-state index contributed by atoms with van der Waals surface area (Å²) in [7, 11) is 4.70. The van der Waals surface area contributed by atoms with Crippen LogP contribution in [0.25, 0.3) is 0 Å². The molecule has 110 valence electrons. The third-order valence-corrected chi connectivity index (χ3v) is 3.34. The Morgan fingerprint density at radius 3 is 2.20 bits per heavy atom. The molecule has 0 radical (unpaired) electrons. The molecule has 1 aliphatic heterocycles. The summed E-state index contributed by atoms with van der Waals surface area (Å²) < 4.78 is 15.8. The van der Waals surface area contributed by atoms with Crippen molar-refractivity contribution in [2.75, 3.05) is 34.4 Å². The molecule has 0 spiro atoms. The minimum absolute atomic E-state index is 0.0671. The Kier molecular flexibility index (Phi) is 4.68. The average Bonchev–Trinajstić information content (AvgIpc) is 2.41. The molecule has 1 aromatic carbocycles. The van der Waals surface area contributed by atoms with Crippen molar-refractivity contribution in [1.29, 1.82) is 0 Å². The van der Waals surface area contributed by atoms with Gasteiger partial charge in [-0.15, -0.1) is 0 Å². The number of carbonyl (C=O) groups is 1. The molecule has 1 amide bonds. The maximum atomic E-state index is 11.8. The molecule has 1 heterocycles. The fraction of sp³-hybridized carbons (Fsp3) is 0.500. The van der Waals surface area contributed by atoms with E-state index in [4.69, 9.17) is 14.2 Å². The van der Waals surface area contributed by atoms with E-state index in [0.29, 0.717) is 23.8 Å². The Morgan fingerprint density at radius 2 is 1.80 bits per heavy atom. The lowest BCUT2D eigenvalue weighted by molar-refractivity contribution is -0.126. The highest BCUT2D eigenvalue weighted by molar-refractivity contribution is 5.80. The number of hydrogen-bond acceptors (Lipinski definition) is 5. The lowest BCUT2D eigenvalue weighted by Crippen LogP contribution is -2.50. The van der Waals surface area contributed by atoms with Crippen molar-refractivity contribution < 1.29 is 19.0 Å². The number of methoxy groups -OCH3 is 3. The van der Waals surface area contributed by atoms with Gasteiger partial charge in [0.05, 0.1) is 27.2 Å². The molecule has 20 heavy (non-hydrogen) atoms. The zero-order chi connectivity index (χ0) is 14.5. The van der Waals surface area contributed by atoms with Gasteiger partial charge >= 0.3 is 0 Å². The first kappa shape index (κ1) is 14.5. The van der Waals surface area contributed by atoms with E-state index < -0.39 is 0 Å². The standard InChI is InChI=1S/C14H20N2O4/c1-18-11-4-9(5-12(19-2)13(11)20-3)6-16-14(17)10-7-15-8-10/h4-5,10,15H,6-8H2,1-3H3,(H,16,17). The highest BCUT2D eigenvalue weighted by Crippen LogP contribution is 2.38. The molecule has 1 aliphatic rings. The minimum Gasteiger partial charge on any atom is -0.493 e. The Balaban J connectivity index is 2.08. The SMILES string of the molecule is COc1cc(CNC(=O)C2CNC2)cc(OC)c1OC. The first-order valence-corrected chi connectivity index (χ1v) is 6.47. The van der Waals surface area contributed by atoms with Gasteiger partial charge < -0.3 is 24.8 Å². The first-order chi connectivity index (χ1) is 9.69. The molecule has 2 rings (SSSR count). The zero-order valence-corrected chi connectivity index (χ0v) is 12.0. The number of amides is 1. The maximum Gasteiger partial charge on any atom is 0.225 e. The van der Waals surface area contributed by atoms with Crippen molar-refractivity contribution in [2.24, 2.45) is 5.92 Å². The van der Waals surface area contributed by atoms with E-state index in [0.717, 1.165) is 18.7 Å². The molecular weight excluding hydrogens is 260 g/mol. The van der Waals surface area contributed by atoms with Gasteiger partial charge in [0.1, 0.15) is 0 Å². The van der Waals surface area contributed by atoms with Crippen molar-refractivity contribution >= 4 is 5.91 Å². The summed E-state index contributed by atoms with van der Waals surface area (Å²) in [4.78, 5) is 11.8. The molecule has 1 aromatic rings. The number of ether oxygens (including phenoxy) is 3. The van der Waals surface area contributed by atoms with Crippen molar-refractivity contribution in [2.45, 2.75) is 6.54 Å². The predicted octanol–water partition coefficient (Wildman–Crippen LogP) is 0.548. The second kappa shape index (κ2) is 6.47. The number of benzene rings is 1. The summed E-state index contributed by atoms with van der Waals surface area (Å²) in [5.74, 6) is 1.87. The van der Waals surface area contributed by atoms with Gasteiger partial charge in [-0.2, -0.15) is 0 Å². The van der Waals surface area contributed by atoms with E-state index in [2.05, 4.69) is 10.6 Å². The summed E-state index contributed by atoms with van der Waals surface area (Å²) >= 11 is 0. The molecule has 0 bridgehead atoms. The van der Waals surface area contributed by atoms with Crippen LogP contribution in [-0.4, -0.2) is 40.3 Å². The van der Waals surface area contributed by atoms with Crippen LogP contribution in [0.2, 0.25) is 0 Å². The Labute approximate surface area is 118 Å². The Hall–Kier alpha value is -1.95. The summed E-state index contributed by atoms with van der Waals surface area (Å²) in [5.41, 5.74) is 0.903. The van der Waals surface area contributed by atoms with E-state index in [1.807, 2.05) is 12.1 Å². The van der Waals surface area contributed by atoms with Gasteiger partial charge in [0.15, 0.2) is 11.5 Å². The van der Waals surface area contributed by atoms with Gasteiger partial charge in [-0.3, -0.25) is 4.79 Å². The molecule has 0 saturated carbocycles. The largest absolute Gasteiger partial charge is 0.493 e. The molecule has 0 aromatic heterocycles. The lowest BCUT2D eigenvalue weighted by atomic mass is 10.0. The van der Waals surface area contributed by atoms with Crippen molar-refractivity contribution in [3.05, 3.63) is 17.7 Å². The normalized spacial score (nSPS) is 14.3. The smallest absolute Gasteiger partial charge is 0.225 e. The zero-order valence-electron chi connectivity index (χ0n) is 12.0. The first-order valence-electron chi connectivity index (χ1n) is 6.47. The highest BCUT2D eigenvalue weighted by Gasteiger charge is 2.24. The van der Waals surface area contributed by atoms with E-state index >= 15 is 0 Å². The van der Waals surface area contributed by atoms with Gasteiger partial charge in [-0.1, -0.05) is 0 Å². The quantitative estimate of drug-likeness (QED) is 0.796. The topological polar surface area (TPSA) is 68.8 Å². The van der Waals surface area contributed by atoms with E-state index in [1.165, 1.54) is 0 Å². The molecule has 0 atom stereocenters. The van der Waals surface area contributed by atoms with Crippen molar-refractivity contribution in [3.8, 4) is 17.2 Å². The summed E-state index contributed by atoms with van der Waals surface area (Å²) in [6, 6.07) is 3.67. The minimum atomic E-state index is 0.0671. The van der Waals surface area contributed by atoms with Gasteiger partial charge in [-0.25, -0.2) is 0 Å². The molecule has 6 nitrogen and oxygen atoms in total. The van der Waals surface area contributed by atoms with Crippen LogP contribution in [-0.2, 0) is 11.3 Å². The number of carbonyl (C=O) groups excluding carboxylic acids is 1. The fourth-order valence-electron chi connectivity index (χ4n) is 2.05. The van der Waals surface area contributed by atoms with Crippen LogP contribution in [0.4, 0.5) is 0 Å². The molecule has 2 N–H and O–H groups in total. The summed E-state index contributed by atoms with van der Waals surface area (Å²) in [5, 5.41) is 5.98. The van der Waals surface area contributed by atoms with Crippen LogP contribution in [0.3, 0.4) is 0 Å². The fourth-order valence-corrected chi connectivity index (χ4v) is 2.05. The number of hydrogen-bond donors (Lipinski definition) is 2. The molecule has 0 unspecified atom stereocenters.